The summed E-state index contributed by atoms with van der Waals surface area (Å²) in [6, 6.07) is 21.0. The smallest absolute Gasteiger partial charge is 0.193 e. The predicted molar refractivity (Wildman–Crippen MR) is 93.1 cm³/mol. The van der Waals surface area contributed by atoms with Gasteiger partial charge in [0.1, 0.15) is 11.3 Å². The van der Waals surface area contributed by atoms with Crippen LogP contribution in [0.3, 0.4) is 0 Å². The van der Waals surface area contributed by atoms with Gasteiger partial charge in [0, 0.05) is 21.5 Å². The van der Waals surface area contributed by atoms with E-state index < -0.39 is 0 Å². The lowest BCUT2D eigenvalue weighted by molar-refractivity contribution is 0.622. The van der Waals surface area contributed by atoms with Crippen molar-refractivity contribution >= 4 is 37.7 Å². The zero-order chi connectivity index (χ0) is 15.1. The van der Waals surface area contributed by atoms with Crippen molar-refractivity contribution in [2.24, 2.45) is 0 Å². The highest BCUT2D eigenvalue weighted by Gasteiger charge is 2.10. The zero-order valence-electron chi connectivity index (χ0n) is 11.5. The molecule has 0 amide bonds. The topological polar surface area (TPSA) is 30.2 Å². The Morgan fingerprint density at radius 3 is 2.55 bits per heavy atom. The van der Waals surface area contributed by atoms with Gasteiger partial charge in [-0.05, 0) is 23.6 Å². The van der Waals surface area contributed by atoms with Gasteiger partial charge in [-0.1, -0.05) is 58.4 Å². The van der Waals surface area contributed by atoms with Crippen LogP contribution in [0.25, 0.3) is 33.1 Å². The monoisotopic (exact) mass is 350 g/mol. The lowest BCUT2D eigenvalue weighted by atomic mass is 10.1. The number of halogens is 1. The van der Waals surface area contributed by atoms with Gasteiger partial charge >= 0.3 is 0 Å². The first-order valence-electron chi connectivity index (χ1n) is 6.94. The summed E-state index contributed by atoms with van der Waals surface area (Å²) < 4.78 is 7.03. The van der Waals surface area contributed by atoms with Crippen LogP contribution in [-0.4, -0.2) is 0 Å². The zero-order valence-corrected chi connectivity index (χ0v) is 13.1. The molecule has 0 N–H and O–H groups in total. The maximum Gasteiger partial charge on any atom is 0.193 e. The summed E-state index contributed by atoms with van der Waals surface area (Å²) >= 11 is 3.45. The highest BCUT2D eigenvalue weighted by molar-refractivity contribution is 9.10. The molecule has 0 aliphatic rings. The Kier molecular flexibility index (Phi) is 3.09. The Balaban J connectivity index is 2.10. The third kappa shape index (κ3) is 2.14. The van der Waals surface area contributed by atoms with Gasteiger partial charge in [-0.2, -0.15) is 0 Å². The number of fused-ring (bicyclic) bond motifs is 3. The number of rotatable bonds is 1. The Labute approximate surface area is 135 Å². The summed E-state index contributed by atoms with van der Waals surface area (Å²) in [5, 5.41) is 2.62. The maximum atomic E-state index is 12.4. The molecule has 106 valence electrons. The van der Waals surface area contributed by atoms with E-state index in [0.717, 1.165) is 20.8 Å². The van der Waals surface area contributed by atoms with Crippen molar-refractivity contribution < 1.29 is 4.42 Å². The van der Waals surface area contributed by atoms with Crippen molar-refractivity contribution in [2.45, 2.75) is 0 Å². The molecule has 0 atom stereocenters. The number of hydrogen-bond donors (Lipinski definition) is 0. The summed E-state index contributed by atoms with van der Waals surface area (Å²) in [7, 11) is 0. The summed E-state index contributed by atoms with van der Waals surface area (Å²) in [6.07, 6.45) is 0. The van der Waals surface area contributed by atoms with Crippen molar-refractivity contribution in [3.05, 3.63) is 81.4 Å². The third-order valence-corrected chi connectivity index (χ3v) is 4.22. The Morgan fingerprint density at radius 2 is 1.68 bits per heavy atom. The van der Waals surface area contributed by atoms with Crippen LogP contribution in [0.5, 0.6) is 0 Å². The van der Waals surface area contributed by atoms with Crippen molar-refractivity contribution in [3.63, 3.8) is 0 Å². The van der Waals surface area contributed by atoms with Crippen LogP contribution in [0, 0.1) is 0 Å². The molecule has 1 heterocycles. The van der Waals surface area contributed by atoms with Crippen molar-refractivity contribution in [2.75, 3.05) is 0 Å². The molecule has 1 aromatic heterocycles. The van der Waals surface area contributed by atoms with Crippen molar-refractivity contribution in [3.8, 4) is 11.3 Å². The van der Waals surface area contributed by atoms with Crippen LogP contribution in [0.2, 0.25) is 0 Å². The number of hydrogen-bond acceptors (Lipinski definition) is 2. The first-order chi connectivity index (χ1) is 10.7. The predicted octanol–water partition coefficient (Wildman–Crippen LogP) is 5.38. The van der Waals surface area contributed by atoms with Crippen LogP contribution in [0.1, 0.15) is 0 Å². The first-order valence-corrected chi connectivity index (χ1v) is 7.73. The largest absolute Gasteiger partial charge is 0.455 e. The minimum Gasteiger partial charge on any atom is -0.455 e. The lowest BCUT2D eigenvalue weighted by Crippen LogP contribution is -2.00. The molecule has 0 saturated carbocycles. The Bertz CT molecular complexity index is 1060. The second kappa shape index (κ2) is 5.11. The van der Waals surface area contributed by atoms with Gasteiger partial charge in [-0.25, -0.2) is 0 Å². The standard InChI is InChI=1S/C19H11BrO2/c20-14-6-3-5-13(10-14)18-11-17(21)16-9-8-12-4-1-2-7-15(12)19(16)22-18/h1-11H. The fourth-order valence-electron chi connectivity index (χ4n) is 2.67. The Hall–Kier alpha value is -2.39. The molecule has 4 aromatic rings. The molecule has 0 saturated heterocycles. The normalized spacial score (nSPS) is 11.1. The highest BCUT2D eigenvalue weighted by Crippen LogP contribution is 2.28. The summed E-state index contributed by atoms with van der Waals surface area (Å²) in [6.45, 7) is 0. The molecule has 3 heteroatoms. The molecule has 0 unspecified atom stereocenters. The summed E-state index contributed by atoms with van der Waals surface area (Å²) in [5.41, 5.74) is 1.49. The van der Waals surface area contributed by atoms with Crippen LogP contribution in [0.15, 0.2) is 80.4 Å². The summed E-state index contributed by atoms with van der Waals surface area (Å²) in [5.74, 6) is 0.579. The molecule has 3 aromatic carbocycles. The average Bonchev–Trinajstić information content (AvgIpc) is 2.54. The third-order valence-electron chi connectivity index (χ3n) is 3.73. The van der Waals surface area contributed by atoms with Crippen LogP contribution in [0.4, 0.5) is 0 Å². The molecule has 0 fully saturated rings. The lowest BCUT2D eigenvalue weighted by Gasteiger charge is -2.06. The van der Waals surface area contributed by atoms with E-state index in [1.54, 1.807) is 6.07 Å². The van der Waals surface area contributed by atoms with Crippen LogP contribution >= 0.6 is 15.9 Å². The van der Waals surface area contributed by atoms with Gasteiger partial charge in [0.05, 0.1) is 5.39 Å². The van der Waals surface area contributed by atoms with Crippen molar-refractivity contribution in [1.82, 2.24) is 0 Å². The fraction of sp³-hybridized carbons (Fsp3) is 0. The van der Waals surface area contributed by atoms with Gasteiger partial charge in [-0.3, -0.25) is 4.79 Å². The molecule has 2 nitrogen and oxygen atoms in total. The SMILES string of the molecule is O=c1cc(-c2cccc(Br)c2)oc2c1ccc1ccccc12. The number of benzene rings is 3. The van der Waals surface area contributed by atoms with Gasteiger partial charge in [0.15, 0.2) is 5.43 Å². The molecule has 0 spiro atoms. The second-order valence-corrected chi connectivity index (χ2v) is 6.06. The first kappa shape index (κ1) is 13.3. The highest BCUT2D eigenvalue weighted by atomic mass is 79.9. The van der Waals surface area contributed by atoms with Gasteiger partial charge < -0.3 is 4.42 Å². The second-order valence-electron chi connectivity index (χ2n) is 5.15. The fourth-order valence-corrected chi connectivity index (χ4v) is 3.07. The van der Waals surface area contributed by atoms with Gasteiger partial charge in [0.2, 0.25) is 0 Å². The molecule has 0 bridgehead atoms. The quantitative estimate of drug-likeness (QED) is 0.431. The molecular weight excluding hydrogens is 340 g/mol. The molecule has 4 rings (SSSR count). The van der Waals surface area contributed by atoms with E-state index in [1.807, 2.05) is 60.7 Å². The minimum absolute atomic E-state index is 0.0259. The summed E-state index contributed by atoms with van der Waals surface area (Å²) in [4.78, 5) is 12.4. The van der Waals surface area contributed by atoms with E-state index >= 15 is 0 Å². The van der Waals surface area contributed by atoms with E-state index in [2.05, 4.69) is 15.9 Å². The van der Waals surface area contributed by atoms with Gasteiger partial charge in [0.25, 0.3) is 0 Å². The van der Waals surface area contributed by atoms with E-state index in [-0.39, 0.29) is 5.43 Å². The van der Waals surface area contributed by atoms with Crippen molar-refractivity contribution in [1.29, 1.82) is 0 Å². The molecule has 0 aliphatic carbocycles. The van der Waals surface area contributed by atoms with E-state index in [0.29, 0.717) is 16.7 Å². The maximum absolute atomic E-state index is 12.4. The minimum atomic E-state index is -0.0259. The van der Waals surface area contributed by atoms with Gasteiger partial charge in [-0.15, -0.1) is 0 Å². The Morgan fingerprint density at radius 1 is 0.818 bits per heavy atom. The molecule has 0 radical (unpaired) electrons. The average molecular weight is 351 g/mol. The molecule has 22 heavy (non-hydrogen) atoms. The van der Waals surface area contributed by atoms with Crippen LogP contribution < -0.4 is 5.43 Å². The van der Waals surface area contributed by atoms with E-state index in [1.165, 1.54) is 0 Å². The van der Waals surface area contributed by atoms with E-state index in [9.17, 15) is 4.79 Å². The van der Waals surface area contributed by atoms with E-state index in [4.69, 9.17) is 4.42 Å². The molecular formula is C19H11BrO2. The van der Waals surface area contributed by atoms with Crippen LogP contribution in [-0.2, 0) is 0 Å². The molecule has 0 aliphatic heterocycles.